The Bertz CT molecular complexity index is 803. The van der Waals surface area contributed by atoms with Gasteiger partial charge in [-0.1, -0.05) is 30.3 Å². The molecule has 1 aliphatic carbocycles. The van der Waals surface area contributed by atoms with E-state index >= 15 is 0 Å². The molecule has 0 atom stereocenters. The predicted molar refractivity (Wildman–Crippen MR) is 102 cm³/mol. The molecule has 0 radical (unpaired) electrons. The average Bonchev–Trinajstić information content (AvgIpc) is 3.52. The fraction of sp³-hybridized carbons (Fsp3) is 0.333. The van der Waals surface area contributed by atoms with Crippen LogP contribution in [0.1, 0.15) is 34.3 Å². The summed E-state index contributed by atoms with van der Waals surface area (Å²) in [6.45, 7) is 1.10. The van der Waals surface area contributed by atoms with Crippen molar-refractivity contribution in [3.8, 4) is 0 Å². The van der Waals surface area contributed by atoms with Crippen LogP contribution in [0.4, 0.5) is 4.39 Å². The first kappa shape index (κ1) is 19.0. The Morgan fingerprint density at radius 3 is 2.44 bits per heavy atom. The van der Waals surface area contributed by atoms with Crippen LogP contribution in [0, 0.1) is 5.82 Å². The van der Waals surface area contributed by atoms with Crippen LogP contribution in [-0.2, 0) is 17.9 Å². The molecule has 142 valence electrons. The van der Waals surface area contributed by atoms with E-state index in [2.05, 4.69) is 15.5 Å². The number of hydrogen-bond acceptors (Lipinski definition) is 3. The van der Waals surface area contributed by atoms with Crippen molar-refractivity contribution >= 4 is 11.8 Å². The zero-order valence-corrected chi connectivity index (χ0v) is 15.4. The maximum absolute atomic E-state index is 13.7. The number of amides is 2. The van der Waals surface area contributed by atoms with E-state index in [1.54, 1.807) is 37.4 Å². The maximum atomic E-state index is 13.7. The van der Waals surface area contributed by atoms with Gasteiger partial charge in [-0.3, -0.25) is 14.5 Å². The molecule has 0 saturated heterocycles. The molecule has 0 spiro atoms. The SMILES string of the molecule is CNC(=O)c1ccc(CN(CC(=O)NCc2ccccc2F)C2CC2)cc1. The number of nitrogens with zero attached hydrogens (tertiary/aromatic N) is 1. The molecule has 0 unspecified atom stereocenters. The minimum Gasteiger partial charge on any atom is -0.355 e. The summed E-state index contributed by atoms with van der Waals surface area (Å²) >= 11 is 0. The molecule has 1 saturated carbocycles. The fourth-order valence-electron chi connectivity index (χ4n) is 2.97. The summed E-state index contributed by atoms with van der Waals surface area (Å²) in [4.78, 5) is 26.1. The van der Waals surface area contributed by atoms with Crippen molar-refractivity contribution in [1.82, 2.24) is 15.5 Å². The Kier molecular flexibility index (Phi) is 6.19. The zero-order valence-electron chi connectivity index (χ0n) is 15.4. The third-order valence-corrected chi connectivity index (χ3v) is 4.67. The van der Waals surface area contributed by atoms with E-state index in [0.717, 1.165) is 18.4 Å². The molecule has 1 aliphatic rings. The smallest absolute Gasteiger partial charge is 0.251 e. The Hall–Kier alpha value is -2.73. The Morgan fingerprint density at radius 2 is 1.81 bits per heavy atom. The lowest BCUT2D eigenvalue weighted by molar-refractivity contribution is -0.122. The largest absolute Gasteiger partial charge is 0.355 e. The molecule has 0 bridgehead atoms. The molecule has 2 N–H and O–H groups in total. The van der Waals surface area contributed by atoms with Gasteiger partial charge in [0, 0.05) is 37.3 Å². The molecule has 2 aromatic carbocycles. The molecule has 6 heteroatoms. The molecule has 3 rings (SSSR count). The van der Waals surface area contributed by atoms with Gasteiger partial charge in [0.15, 0.2) is 0 Å². The summed E-state index contributed by atoms with van der Waals surface area (Å²) in [6.07, 6.45) is 2.16. The number of rotatable bonds is 8. The van der Waals surface area contributed by atoms with Crippen molar-refractivity contribution in [2.24, 2.45) is 0 Å². The van der Waals surface area contributed by atoms with Crippen LogP contribution in [0.15, 0.2) is 48.5 Å². The standard InChI is InChI=1S/C21H24FN3O2/c1-23-21(27)16-8-6-15(7-9-16)13-25(18-10-11-18)14-20(26)24-12-17-4-2-3-5-19(17)22/h2-9,18H,10-14H2,1H3,(H,23,27)(H,24,26). The van der Waals surface area contributed by atoms with Gasteiger partial charge in [-0.05, 0) is 36.6 Å². The highest BCUT2D eigenvalue weighted by Gasteiger charge is 2.30. The van der Waals surface area contributed by atoms with Crippen molar-refractivity contribution in [2.75, 3.05) is 13.6 Å². The lowest BCUT2D eigenvalue weighted by Crippen LogP contribution is -2.38. The number of benzene rings is 2. The highest BCUT2D eigenvalue weighted by Crippen LogP contribution is 2.28. The van der Waals surface area contributed by atoms with E-state index in [-0.39, 0.29) is 30.7 Å². The Labute approximate surface area is 158 Å². The van der Waals surface area contributed by atoms with Gasteiger partial charge >= 0.3 is 0 Å². The summed E-state index contributed by atoms with van der Waals surface area (Å²) in [7, 11) is 1.60. The molecule has 1 fully saturated rings. The van der Waals surface area contributed by atoms with Gasteiger partial charge in [0.2, 0.25) is 5.91 Å². The summed E-state index contributed by atoms with van der Waals surface area (Å²) in [5.74, 6) is -0.548. The van der Waals surface area contributed by atoms with Crippen LogP contribution in [0.2, 0.25) is 0 Å². The quantitative estimate of drug-likeness (QED) is 0.751. The summed E-state index contributed by atoms with van der Waals surface area (Å²) < 4.78 is 13.7. The average molecular weight is 369 g/mol. The van der Waals surface area contributed by atoms with Crippen molar-refractivity contribution in [1.29, 1.82) is 0 Å². The molecule has 27 heavy (non-hydrogen) atoms. The molecular weight excluding hydrogens is 345 g/mol. The van der Waals surface area contributed by atoms with Gasteiger partial charge in [-0.15, -0.1) is 0 Å². The first-order chi connectivity index (χ1) is 13.1. The van der Waals surface area contributed by atoms with Crippen LogP contribution in [0.3, 0.4) is 0 Å². The molecule has 0 heterocycles. The molecular formula is C21H24FN3O2. The van der Waals surface area contributed by atoms with Crippen LogP contribution in [0.5, 0.6) is 0 Å². The van der Waals surface area contributed by atoms with E-state index in [0.29, 0.717) is 23.7 Å². The summed E-state index contributed by atoms with van der Waals surface area (Å²) in [5.41, 5.74) is 2.15. The Morgan fingerprint density at radius 1 is 1.11 bits per heavy atom. The topological polar surface area (TPSA) is 61.4 Å². The van der Waals surface area contributed by atoms with Crippen molar-refractivity contribution in [3.05, 3.63) is 71.0 Å². The zero-order chi connectivity index (χ0) is 19.2. The highest BCUT2D eigenvalue weighted by molar-refractivity contribution is 5.93. The van der Waals surface area contributed by atoms with Gasteiger partial charge in [0.05, 0.1) is 6.54 Å². The first-order valence-electron chi connectivity index (χ1n) is 9.12. The minimum atomic E-state index is -0.312. The van der Waals surface area contributed by atoms with Crippen LogP contribution >= 0.6 is 0 Å². The van der Waals surface area contributed by atoms with E-state index in [1.807, 2.05) is 12.1 Å². The second kappa shape index (κ2) is 8.77. The predicted octanol–water partition coefficient (Wildman–Crippen LogP) is 2.47. The molecule has 5 nitrogen and oxygen atoms in total. The molecule has 2 aromatic rings. The molecule has 0 aliphatic heterocycles. The normalized spacial score (nSPS) is 13.4. The van der Waals surface area contributed by atoms with Crippen molar-refractivity contribution in [2.45, 2.75) is 32.0 Å². The second-order valence-corrected chi connectivity index (χ2v) is 6.78. The van der Waals surface area contributed by atoms with Crippen LogP contribution < -0.4 is 10.6 Å². The van der Waals surface area contributed by atoms with Gasteiger partial charge in [0.1, 0.15) is 5.82 Å². The number of carbonyl (C=O) groups is 2. The third kappa shape index (κ3) is 5.37. The van der Waals surface area contributed by atoms with Crippen molar-refractivity contribution < 1.29 is 14.0 Å². The fourth-order valence-corrected chi connectivity index (χ4v) is 2.97. The van der Waals surface area contributed by atoms with Gasteiger partial charge in [-0.25, -0.2) is 4.39 Å². The Balaban J connectivity index is 1.55. The third-order valence-electron chi connectivity index (χ3n) is 4.67. The van der Waals surface area contributed by atoms with E-state index in [9.17, 15) is 14.0 Å². The maximum Gasteiger partial charge on any atom is 0.251 e. The van der Waals surface area contributed by atoms with Crippen LogP contribution in [0.25, 0.3) is 0 Å². The van der Waals surface area contributed by atoms with Crippen molar-refractivity contribution in [3.63, 3.8) is 0 Å². The molecule has 0 aromatic heterocycles. The number of hydrogen-bond donors (Lipinski definition) is 2. The van der Waals surface area contributed by atoms with E-state index in [1.165, 1.54) is 6.07 Å². The first-order valence-corrected chi connectivity index (χ1v) is 9.12. The minimum absolute atomic E-state index is 0.117. The second-order valence-electron chi connectivity index (χ2n) is 6.78. The monoisotopic (exact) mass is 369 g/mol. The van der Waals surface area contributed by atoms with Gasteiger partial charge in [-0.2, -0.15) is 0 Å². The number of carbonyl (C=O) groups excluding carboxylic acids is 2. The lowest BCUT2D eigenvalue weighted by Gasteiger charge is -2.21. The highest BCUT2D eigenvalue weighted by atomic mass is 19.1. The van der Waals surface area contributed by atoms with Gasteiger partial charge < -0.3 is 10.6 Å². The van der Waals surface area contributed by atoms with E-state index < -0.39 is 0 Å². The number of nitrogens with one attached hydrogen (secondary N) is 2. The van der Waals surface area contributed by atoms with Gasteiger partial charge in [0.25, 0.3) is 5.91 Å². The summed E-state index contributed by atoms with van der Waals surface area (Å²) in [5, 5.41) is 5.40. The van der Waals surface area contributed by atoms with E-state index in [4.69, 9.17) is 0 Å². The van der Waals surface area contributed by atoms with Crippen LogP contribution in [-0.4, -0.2) is 36.3 Å². The molecule has 2 amide bonds. The summed E-state index contributed by atoms with van der Waals surface area (Å²) in [6, 6.07) is 14.3. The number of halogens is 1. The lowest BCUT2D eigenvalue weighted by atomic mass is 10.1.